The minimum Gasteiger partial charge on any atom is -0.354 e. The van der Waals surface area contributed by atoms with Crippen molar-refractivity contribution in [3.05, 3.63) is 34.9 Å². The van der Waals surface area contributed by atoms with Crippen molar-refractivity contribution in [2.45, 2.75) is 65.8 Å². The van der Waals surface area contributed by atoms with Gasteiger partial charge in [0.05, 0.1) is 17.5 Å². The molecule has 5 heteroatoms. The molecular weight excluding hydrogens is 370 g/mol. The molecule has 0 spiro atoms. The van der Waals surface area contributed by atoms with Crippen LogP contribution in [0.25, 0.3) is 0 Å². The normalized spacial score (nSPS) is 25.8. The van der Waals surface area contributed by atoms with E-state index in [9.17, 15) is 10.1 Å². The van der Waals surface area contributed by atoms with Crippen LogP contribution in [-0.4, -0.2) is 25.0 Å². The Hall–Kier alpha value is -1.57. The van der Waals surface area contributed by atoms with Gasteiger partial charge in [-0.1, -0.05) is 65.3 Å². The molecule has 0 radical (unpaired) electrons. The molecule has 0 aromatic heterocycles. The Kier molecular flexibility index (Phi) is 6.84. The van der Waals surface area contributed by atoms with Crippen LogP contribution in [0.5, 0.6) is 0 Å². The van der Waals surface area contributed by atoms with Gasteiger partial charge < -0.3 is 10.6 Å². The van der Waals surface area contributed by atoms with E-state index in [0.29, 0.717) is 24.5 Å². The molecular formula is C23H34ClN3O. The molecule has 154 valence electrons. The largest absolute Gasteiger partial charge is 0.354 e. The summed E-state index contributed by atoms with van der Waals surface area (Å²) in [6, 6.07) is 9.79. The van der Waals surface area contributed by atoms with Gasteiger partial charge in [0, 0.05) is 18.1 Å². The third-order valence-corrected chi connectivity index (χ3v) is 5.61. The highest BCUT2D eigenvalue weighted by molar-refractivity contribution is 6.30. The fraction of sp³-hybridized carbons (Fsp3) is 0.652. The maximum Gasteiger partial charge on any atom is 0.237 e. The molecule has 1 aliphatic heterocycles. The molecule has 2 rings (SSSR count). The molecule has 0 aliphatic carbocycles. The highest BCUT2D eigenvalue weighted by Gasteiger charge is 2.48. The quantitative estimate of drug-likeness (QED) is 0.767. The lowest BCUT2D eigenvalue weighted by molar-refractivity contribution is -0.124. The Bertz CT molecular complexity index is 724. The van der Waals surface area contributed by atoms with E-state index in [1.807, 2.05) is 24.3 Å². The lowest BCUT2D eigenvalue weighted by Crippen LogP contribution is -2.58. The van der Waals surface area contributed by atoms with Crippen LogP contribution in [0.2, 0.25) is 5.02 Å². The number of benzene rings is 1. The second-order valence-corrected chi connectivity index (χ2v) is 10.9. The Labute approximate surface area is 175 Å². The van der Waals surface area contributed by atoms with Crippen LogP contribution in [0.1, 0.15) is 59.9 Å². The van der Waals surface area contributed by atoms with Gasteiger partial charge in [0.2, 0.25) is 5.91 Å². The van der Waals surface area contributed by atoms with Gasteiger partial charge >= 0.3 is 0 Å². The third kappa shape index (κ3) is 5.72. The van der Waals surface area contributed by atoms with Crippen molar-refractivity contribution in [1.29, 1.82) is 5.26 Å². The first-order valence-corrected chi connectivity index (χ1v) is 10.4. The number of nitrogens with one attached hydrogen (secondary N) is 2. The molecule has 1 amide bonds. The van der Waals surface area contributed by atoms with E-state index in [1.165, 1.54) is 0 Å². The zero-order valence-corrected chi connectivity index (χ0v) is 18.8. The average molecular weight is 404 g/mol. The molecule has 0 saturated carbocycles. The van der Waals surface area contributed by atoms with Crippen LogP contribution < -0.4 is 10.6 Å². The number of halogens is 1. The first-order valence-electron chi connectivity index (χ1n) is 10.0. The van der Waals surface area contributed by atoms with Gasteiger partial charge in [0.1, 0.15) is 0 Å². The van der Waals surface area contributed by atoms with Crippen LogP contribution in [-0.2, 0) is 10.2 Å². The van der Waals surface area contributed by atoms with E-state index < -0.39 is 5.41 Å². The van der Waals surface area contributed by atoms with E-state index in [1.54, 1.807) is 0 Å². The molecule has 4 nitrogen and oxygen atoms in total. The molecule has 1 aromatic rings. The molecule has 1 fully saturated rings. The number of amides is 1. The molecule has 3 unspecified atom stereocenters. The van der Waals surface area contributed by atoms with Gasteiger partial charge in [-0.3, -0.25) is 4.79 Å². The summed E-state index contributed by atoms with van der Waals surface area (Å²) >= 11 is 6.09. The maximum atomic E-state index is 12.8. The van der Waals surface area contributed by atoms with Crippen molar-refractivity contribution in [2.24, 2.45) is 16.7 Å². The molecule has 1 aliphatic rings. The van der Waals surface area contributed by atoms with E-state index in [-0.39, 0.29) is 28.7 Å². The lowest BCUT2D eigenvalue weighted by atomic mass is 9.61. The number of nitrogens with zero attached hydrogens (tertiary/aromatic N) is 1. The summed E-state index contributed by atoms with van der Waals surface area (Å²) < 4.78 is 0. The number of carbonyl (C=O) groups is 1. The Balaban J connectivity index is 2.34. The Morgan fingerprint density at radius 1 is 1.21 bits per heavy atom. The summed E-state index contributed by atoms with van der Waals surface area (Å²) in [5.41, 5.74) is 0.334. The first-order chi connectivity index (χ1) is 12.9. The number of nitriles is 1. The van der Waals surface area contributed by atoms with Crippen molar-refractivity contribution in [1.82, 2.24) is 10.6 Å². The number of hydrogen-bond acceptors (Lipinski definition) is 3. The van der Waals surface area contributed by atoms with Gasteiger partial charge in [-0.2, -0.15) is 5.26 Å². The number of carbonyl (C=O) groups excluding carboxylic acids is 1. The van der Waals surface area contributed by atoms with Crippen LogP contribution in [0.3, 0.4) is 0 Å². The first kappa shape index (κ1) is 22.7. The molecule has 2 N–H and O–H groups in total. The van der Waals surface area contributed by atoms with Gasteiger partial charge in [0.25, 0.3) is 0 Å². The van der Waals surface area contributed by atoms with E-state index in [4.69, 9.17) is 11.6 Å². The van der Waals surface area contributed by atoms with Crippen molar-refractivity contribution in [3.8, 4) is 6.07 Å². The molecule has 3 atom stereocenters. The summed E-state index contributed by atoms with van der Waals surface area (Å²) in [6.45, 7) is 14.1. The second-order valence-electron chi connectivity index (χ2n) is 10.5. The second kappa shape index (κ2) is 8.43. The predicted octanol–water partition coefficient (Wildman–Crippen LogP) is 4.68. The zero-order valence-electron chi connectivity index (χ0n) is 18.0. The van der Waals surface area contributed by atoms with Gasteiger partial charge in [-0.25, -0.2) is 0 Å². The molecule has 1 aromatic carbocycles. The van der Waals surface area contributed by atoms with Gasteiger partial charge in [-0.15, -0.1) is 0 Å². The number of hydrogen-bond donors (Lipinski definition) is 2. The standard InChI is InChI=1S/C23H34ClN3O/c1-21(2,3)11-17-13-26-19(20(28)27-15-22(4,5)6)12-23(17,14-25)16-7-9-18(24)10-8-16/h7-10,17,19,26H,11-13,15H2,1-6H3,(H,27,28). The third-order valence-electron chi connectivity index (χ3n) is 5.36. The fourth-order valence-electron chi connectivity index (χ4n) is 3.97. The van der Waals surface area contributed by atoms with Crippen molar-refractivity contribution in [3.63, 3.8) is 0 Å². The summed E-state index contributed by atoms with van der Waals surface area (Å²) in [6.07, 6.45) is 1.36. The number of rotatable bonds is 4. The smallest absolute Gasteiger partial charge is 0.237 e. The predicted molar refractivity (Wildman–Crippen MR) is 115 cm³/mol. The summed E-state index contributed by atoms with van der Waals surface area (Å²) in [4.78, 5) is 12.8. The lowest BCUT2D eigenvalue weighted by Gasteiger charge is -2.45. The minimum absolute atomic E-state index is 0.0155. The fourth-order valence-corrected chi connectivity index (χ4v) is 4.09. The van der Waals surface area contributed by atoms with Crippen LogP contribution in [0, 0.1) is 28.1 Å². The van der Waals surface area contributed by atoms with E-state index >= 15 is 0 Å². The van der Waals surface area contributed by atoms with Gasteiger partial charge in [-0.05, 0) is 47.3 Å². The molecule has 1 heterocycles. The topological polar surface area (TPSA) is 64.9 Å². The zero-order chi connectivity index (χ0) is 21.2. The monoisotopic (exact) mass is 403 g/mol. The summed E-state index contributed by atoms with van der Waals surface area (Å²) in [5, 5.41) is 17.5. The average Bonchev–Trinajstić information content (AvgIpc) is 2.59. The van der Waals surface area contributed by atoms with Crippen molar-refractivity contribution < 1.29 is 4.79 Å². The van der Waals surface area contributed by atoms with Crippen LogP contribution >= 0.6 is 11.6 Å². The maximum absolute atomic E-state index is 12.8. The van der Waals surface area contributed by atoms with Crippen molar-refractivity contribution >= 4 is 17.5 Å². The Morgan fingerprint density at radius 3 is 2.32 bits per heavy atom. The highest BCUT2D eigenvalue weighted by Crippen LogP contribution is 2.44. The van der Waals surface area contributed by atoms with E-state index in [0.717, 1.165) is 12.0 Å². The molecule has 0 bridgehead atoms. The summed E-state index contributed by atoms with van der Waals surface area (Å²) in [7, 11) is 0. The number of piperidine rings is 1. The highest BCUT2D eigenvalue weighted by atomic mass is 35.5. The Morgan fingerprint density at radius 2 is 1.82 bits per heavy atom. The minimum atomic E-state index is -0.715. The summed E-state index contributed by atoms with van der Waals surface area (Å²) in [5.74, 6) is 0.0862. The molecule has 28 heavy (non-hydrogen) atoms. The van der Waals surface area contributed by atoms with E-state index in [2.05, 4.69) is 58.2 Å². The van der Waals surface area contributed by atoms with Crippen LogP contribution in [0.15, 0.2) is 24.3 Å². The molecule has 1 saturated heterocycles. The van der Waals surface area contributed by atoms with Crippen molar-refractivity contribution in [2.75, 3.05) is 13.1 Å². The van der Waals surface area contributed by atoms with Gasteiger partial charge in [0.15, 0.2) is 0 Å². The SMILES string of the molecule is CC(C)(C)CNC(=O)C1CC(C#N)(c2ccc(Cl)cc2)C(CC(C)(C)C)CN1. The van der Waals surface area contributed by atoms with Crippen LogP contribution in [0.4, 0.5) is 0 Å².